The monoisotopic (exact) mass is 331 g/mol. The third-order valence-corrected chi connectivity index (χ3v) is 5.69. The topological polar surface area (TPSA) is 70.6 Å². The molecule has 0 unspecified atom stereocenters. The molecule has 0 spiro atoms. The summed E-state index contributed by atoms with van der Waals surface area (Å²) < 4.78 is 22.4. The Morgan fingerprint density at radius 1 is 1.24 bits per heavy atom. The molecule has 0 heterocycles. The van der Waals surface area contributed by atoms with Crippen molar-refractivity contribution in [3.63, 3.8) is 0 Å². The molecular formula is C14H22ClN3O2S. The predicted octanol–water partition coefficient (Wildman–Crippen LogP) is 1.83. The highest BCUT2D eigenvalue weighted by Crippen LogP contribution is 2.13. The SMILES string of the molecule is CN=C(NCc1ccc(Cl)cc1)NCC(C)(C)S(C)(=O)=O. The van der Waals surface area contributed by atoms with Gasteiger partial charge in [-0.2, -0.15) is 0 Å². The van der Waals surface area contributed by atoms with Gasteiger partial charge in [-0.05, 0) is 31.5 Å². The number of guanidine groups is 1. The highest BCUT2D eigenvalue weighted by Gasteiger charge is 2.30. The van der Waals surface area contributed by atoms with E-state index in [4.69, 9.17) is 11.6 Å². The summed E-state index contributed by atoms with van der Waals surface area (Å²) in [6.07, 6.45) is 1.23. The largest absolute Gasteiger partial charge is 0.355 e. The van der Waals surface area contributed by atoms with Crippen LogP contribution in [0.3, 0.4) is 0 Å². The number of benzene rings is 1. The van der Waals surface area contributed by atoms with E-state index in [-0.39, 0.29) is 6.54 Å². The van der Waals surface area contributed by atoms with E-state index in [2.05, 4.69) is 15.6 Å². The molecule has 0 saturated heterocycles. The minimum Gasteiger partial charge on any atom is -0.355 e. The smallest absolute Gasteiger partial charge is 0.191 e. The van der Waals surface area contributed by atoms with Crippen LogP contribution in [0.4, 0.5) is 0 Å². The molecular weight excluding hydrogens is 310 g/mol. The van der Waals surface area contributed by atoms with Crippen molar-refractivity contribution in [3.8, 4) is 0 Å². The summed E-state index contributed by atoms with van der Waals surface area (Å²) in [4.78, 5) is 4.08. The molecule has 1 aromatic carbocycles. The van der Waals surface area contributed by atoms with Gasteiger partial charge in [-0.25, -0.2) is 8.42 Å². The number of hydrogen-bond acceptors (Lipinski definition) is 3. The Morgan fingerprint density at radius 2 is 1.81 bits per heavy atom. The molecule has 7 heteroatoms. The normalized spacial score (nSPS) is 13.1. The molecule has 0 amide bonds. The van der Waals surface area contributed by atoms with Gasteiger partial charge in [0.05, 0.1) is 4.75 Å². The molecule has 0 saturated carbocycles. The van der Waals surface area contributed by atoms with E-state index in [9.17, 15) is 8.42 Å². The van der Waals surface area contributed by atoms with Gasteiger partial charge in [0.1, 0.15) is 0 Å². The molecule has 1 rings (SSSR count). The van der Waals surface area contributed by atoms with Crippen molar-refractivity contribution in [2.75, 3.05) is 19.8 Å². The zero-order valence-electron chi connectivity index (χ0n) is 12.8. The van der Waals surface area contributed by atoms with Gasteiger partial charge in [0, 0.05) is 31.4 Å². The summed E-state index contributed by atoms with van der Waals surface area (Å²) in [7, 11) is -1.49. The summed E-state index contributed by atoms with van der Waals surface area (Å²) in [5, 5.41) is 6.85. The lowest BCUT2D eigenvalue weighted by Crippen LogP contribution is -2.47. The van der Waals surface area contributed by atoms with Crippen molar-refractivity contribution in [1.82, 2.24) is 10.6 Å². The van der Waals surface area contributed by atoms with Crippen LogP contribution < -0.4 is 10.6 Å². The zero-order chi connectivity index (χ0) is 16.1. The number of halogens is 1. The average molecular weight is 332 g/mol. The minimum absolute atomic E-state index is 0.284. The highest BCUT2D eigenvalue weighted by molar-refractivity contribution is 7.92. The van der Waals surface area contributed by atoms with Crippen LogP contribution in [0.25, 0.3) is 0 Å². The van der Waals surface area contributed by atoms with Crippen LogP contribution in [-0.4, -0.2) is 39.0 Å². The summed E-state index contributed by atoms with van der Waals surface area (Å²) in [6, 6.07) is 7.48. The van der Waals surface area contributed by atoms with Crippen molar-refractivity contribution in [3.05, 3.63) is 34.9 Å². The van der Waals surface area contributed by atoms with E-state index < -0.39 is 14.6 Å². The zero-order valence-corrected chi connectivity index (χ0v) is 14.3. The maximum Gasteiger partial charge on any atom is 0.191 e. The fourth-order valence-electron chi connectivity index (χ4n) is 1.44. The first-order valence-electron chi connectivity index (χ1n) is 6.54. The number of rotatable bonds is 5. The molecule has 0 bridgehead atoms. The van der Waals surface area contributed by atoms with Gasteiger partial charge in [0.15, 0.2) is 15.8 Å². The molecule has 0 atom stereocenters. The molecule has 2 N–H and O–H groups in total. The molecule has 0 aliphatic rings. The molecule has 5 nitrogen and oxygen atoms in total. The van der Waals surface area contributed by atoms with E-state index in [0.717, 1.165) is 5.56 Å². The average Bonchev–Trinajstić information content (AvgIpc) is 2.39. The summed E-state index contributed by atoms with van der Waals surface area (Å²) in [6.45, 7) is 4.23. The van der Waals surface area contributed by atoms with E-state index in [1.165, 1.54) is 6.26 Å². The third-order valence-electron chi connectivity index (χ3n) is 3.28. The molecule has 1 aromatic rings. The second-order valence-corrected chi connectivity index (χ2v) is 8.52. The molecule has 0 fully saturated rings. The maximum absolute atomic E-state index is 11.7. The van der Waals surface area contributed by atoms with Crippen LogP contribution >= 0.6 is 11.6 Å². The van der Waals surface area contributed by atoms with Gasteiger partial charge in [-0.1, -0.05) is 23.7 Å². The first-order chi connectivity index (χ1) is 9.65. The lowest BCUT2D eigenvalue weighted by atomic mass is 10.2. The second-order valence-electron chi connectivity index (χ2n) is 5.44. The Bertz CT molecular complexity index is 595. The van der Waals surface area contributed by atoms with Crippen molar-refractivity contribution in [1.29, 1.82) is 0 Å². The van der Waals surface area contributed by atoms with Crippen LogP contribution in [0.2, 0.25) is 5.02 Å². The van der Waals surface area contributed by atoms with E-state index in [0.29, 0.717) is 17.5 Å². The Labute approximate surface area is 131 Å². The first kappa shape index (κ1) is 17.8. The van der Waals surface area contributed by atoms with Crippen molar-refractivity contribution >= 4 is 27.4 Å². The van der Waals surface area contributed by atoms with Crippen LogP contribution in [-0.2, 0) is 16.4 Å². The minimum atomic E-state index is -3.14. The van der Waals surface area contributed by atoms with Gasteiger partial charge in [0.25, 0.3) is 0 Å². The van der Waals surface area contributed by atoms with Crippen LogP contribution in [0, 0.1) is 0 Å². The molecule has 0 aliphatic carbocycles. The molecule has 21 heavy (non-hydrogen) atoms. The maximum atomic E-state index is 11.7. The van der Waals surface area contributed by atoms with E-state index in [1.807, 2.05) is 24.3 Å². The standard InChI is InChI=1S/C14H22ClN3O2S/c1-14(2,21(4,19)20)10-18-13(16-3)17-9-11-5-7-12(15)8-6-11/h5-8H,9-10H2,1-4H3,(H2,16,17,18). The third kappa shape index (κ3) is 5.55. The second kappa shape index (κ2) is 7.13. The van der Waals surface area contributed by atoms with Gasteiger partial charge in [-0.3, -0.25) is 4.99 Å². The van der Waals surface area contributed by atoms with Gasteiger partial charge in [-0.15, -0.1) is 0 Å². The van der Waals surface area contributed by atoms with Crippen LogP contribution in [0.15, 0.2) is 29.3 Å². The summed E-state index contributed by atoms with van der Waals surface area (Å²) >= 11 is 5.83. The number of sulfone groups is 1. The lowest BCUT2D eigenvalue weighted by Gasteiger charge is -2.24. The van der Waals surface area contributed by atoms with Crippen molar-refractivity contribution < 1.29 is 8.42 Å². The van der Waals surface area contributed by atoms with Crippen LogP contribution in [0.5, 0.6) is 0 Å². The quantitative estimate of drug-likeness (QED) is 0.638. The van der Waals surface area contributed by atoms with Crippen LogP contribution in [0.1, 0.15) is 19.4 Å². The fraction of sp³-hybridized carbons (Fsp3) is 0.500. The summed E-state index contributed by atoms with van der Waals surface area (Å²) in [5.74, 6) is 0.557. The Morgan fingerprint density at radius 3 is 2.29 bits per heavy atom. The number of hydrogen-bond donors (Lipinski definition) is 2. The number of nitrogens with one attached hydrogen (secondary N) is 2. The first-order valence-corrected chi connectivity index (χ1v) is 8.81. The van der Waals surface area contributed by atoms with Gasteiger partial charge in [0.2, 0.25) is 0 Å². The van der Waals surface area contributed by atoms with E-state index in [1.54, 1.807) is 20.9 Å². The van der Waals surface area contributed by atoms with Crippen molar-refractivity contribution in [2.45, 2.75) is 25.1 Å². The predicted molar refractivity (Wildman–Crippen MR) is 88.6 cm³/mol. The molecule has 0 radical (unpaired) electrons. The van der Waals surface area contributed by atoms with E-state index >= 15 is 0 Å². The molecule has 0 aliphatic heterocycles. The number of nitrogens with zero attached hydrogens (tertiary/aromatic N) is 1. The number of aliphatic imine (C=N–C) groups is 1. The molecule has 118 valence electrons. The fourth-order valence-corrected chi connectivity index (χ4v) is 1.90. The lowest BCUT2D eigenvalue weighted by molar-refractivity contribution is 0.544. The Kier molecular flexibility index (Phi) is 6.04. The van der Waals surface area contributed by atoms with Gasteiger partial charge >= 0.3 is 0 Å². The molecule has 0 aromatic heterocycles. The highest BCUT2D eigenvalue weighted by atomic mass is 35.5. The van der Waals surface area contributed by atoms with Gasteiger partial charge < -0.3 is 10.6 Å². The Hall–Kier alpha value is -1.27. The Balaban J connectivity index is 2.55. The van der Waals surface area contributed by atoms with Crippen molar-refractivity contribution in [2.24, 2.45) is 4.99 Å². The summed E-state index contributed by atoms with van der Waals surface area (Å²) in [5.41, 5.74) is 1.06.